The lowest BCUT2D eigenvalue weighted by atomic mass is 10.1. The molecule has 0 aliphatic heterocycles. The van der Waals surface area contributed by atoms with Crippen LogP contribution in [0.5, 0.6) is 11.6 Å². The summed E-state index contributed by atoms with van der Waals surface area (Å²) in [5, 5.41) is 3.45. The molecule has 0 fully saturated rings. The van der Waals surface area contributed by atoms with Gasteiger partial charge in [0.05, 0.1) is 0 Å². The summed E-state index contributed by atoms with van der Waals surface area (Å²) in [7, 11) is 0. The fourth-order valence-electron chi connectivity index (χ4n) is 2.09. The highest BCUT2D eigenvalue weighted by atomic mass is 16.5. The van der Waals surface area contributed by atoms with E-state index in [9.17, 15) is 0 Å². The van der Waals surface area contributed by atoms with Crippen LogP contribution < -0.4 is 10.1 Å². The van der Waals surface area contributed by atoms with Crippen molar-refractivity contribution in [3.05, 3.63) is 53.2 Å². The van der Waals surface area contributed by atoms with E-state index >= 15 is 0 Å². The van der Waals surface area contributed by atoms with Crippen molar-refractivity contribution in [1.82, 2.24) is 10.3 Å². The van der Waals surface area contributed by atoms with Crippen LogP contribution in [0.4, 0.5) is 0 Å². The van der Waals surface area contributed by atoms with Crippen LogP contribution in [0.2, 0.25) is 0 Å². The maximum absolute atomic E-state index is 5.80. The van der Waals surface area contributed by atoms with E-state index in [0.717, 1.165) is 18.7 Å². The number of hydrogen-bond donors (Lipinski definition) is 1. The van der Waals surface area contributed by atoms with Gasteiger partial charge in [0, 0.05) is 18.3 Å². The first-order chi connectivity index (χ1) is 10.1. The second-order valence-corrected chi connectivity index (χ2v) is 5.45. The first-order valence-electron chi connectivity index (χ1n) is 7.54. The molecule has 0 aliphatic rings. The van der Waals surface area contributed by atoms with E-state index in [2.05, 4.69) is 50.1 Å². The Kier molecular flexibility index (Phi) is 5.34. The van der Waals surface area contributed by atoms with Gasteiger partial charge in [-0.1, -0.05) is 19.1 Å². The highest BCUT2D eigenvalue weighted by Crippen LogP contribution is 2.23. The van der Waals surface area contributed by atoms with Crippen molar-refractivity contribution in [1.29, 1.82) is 0 Å². The Morgan fingerprint density at radius 2 is 1.95 bits per heavy atom. The smallest absolute Gasteiger partial charge is 0.219 e. The average molecular weight is 284 g/mol. The molecule has 0 saturated carbocycles. The number of aryl methyl sites for hydroxylation is 2. The summed E-state index contributed by atoms with van der Waals surface area (Å²) in [6.07, 6.45) is 3.01. The van der Waals surface area contributed by atoms with Gasteiger partial charge in [0.25, 0.3) is 0 Å². The Hall–Kier alpha value is -1.87. The Balaban J connectivity index is 2.03. The third-order valence-electron chi connectivity index (χ3n) is 3.66. The molecule has 0 aliphatic carbocycles. The van der Waals surface area contributed by atoms with Gasteiger partial charge in [-0.05, 0) is 62.6 Å². The van der Waals surface area contributed by atoms with Crippen LogP contribution in [0.15, 0.2) is 36.5 Å². The molecule has 0 saturated heterocycles. The molecule has 0 amide bonds. The zero-order chi connectivity index (χ0) is 15.2. The predicted molar refractivity (Wildman–Crippen MR) is 86.9 cm³/mol. The van der Waals surface area contributed by atoms with Gasteiger partial charge in [0.2, 0.25) is 5.88 Å². The van der Waals surface area contributed by atoms with Gasteiger partial charge in [0.1, 0.15) is 5.75 Å². The van der Waals surface area contributed by atoms with E-state index in [0.29, 0.717) is 11.9 Å². The topological polar surface area (TPSA) is 34.1 Å². The van der Waals surface area contributed by atoms with Gasteiger partial charge in [-0.15, -0.1) is 0 Å². The van der Waals surface area contributed by atoms with Crippen LogP contribution >= 0.6 is 0 Å². The molecule has 21 heavy (non-hydrogen) atoms. The highest BCUT2D eigenvalue weighted by molar-refractivity contribution is 5.36. The van der Waals surface area contributed by atoms with E-state index in [1.807, 2.05) is 24.4 Å². The molecule has 1 atom stereocenters. The van der Waals surface area contributed by atoms with Crippen molar-refractivity contribution < 1.29 is 4.74 Å². The molecule has 112 valence electrons. The van der Waals surface area contributed by atoms with Crippen LogP contribution in [0.3, 0.4) is 0 Å². The maximum atomic E-state index is 5.80. The fraction of sp³-hybridized carbons (Fsp3) is 0.389. The third kappa shape index (κ3) is 4.30. The van der Waals surface area contributed by atoms with Crippen molar-refractivity contribution in [2.45, 2.75) is 40.2 Å². The van der Waals surface area contributed by atoms with Crippen molar-refractivity contribution in [2.75, 3.05) is 6.54 Å². The molecule has 1 unspecified atom stereocenters. The molecule has 2 aromatic rings. The second-order valence-electron chi connectivity index (χ2n) is 5.45. The predicted octanol–water partition coefficient (Wildman–Crippen LogP) is 4.55. The van der Waals surface area contributed by atoms with Gasteiger partial charge < -0.3 is 10.1 Å². The van der Waals surface area contributed by atoms with Crippen LogP contribution in [0, 0.1) is 13.8 Å². The summed E-state index contributed by atoms with van der Waals surface area (Å²) in [4.78, 5) is 4.39. The lowest BCUT2D eigenvalue weighted by molar-refractivity contribution is 0.461. The van der Waals surface area contributed by atoms with Gasteiger partial charge >= 0.3 is 0 Å². The first kappa shape index (κ1) is 15.5. The molecular weight excluding hydrogens is 260 g/mol. The quantitative estimate of drug-likeness (QED) is 0.845. The minimum absolute atomic E-state index is 0.313. The SMILES string of the molecule is CCCNC(C)c1ccc(Oc2ccc(C)c(C)c2)nc1. The number of benzene rings is 1. The maximum Gasteiger partial charge on any atom is 0.219 e. The summed E-state index contributed by atoms with van der Waals surface area (Å²) in [6.45, 7) is 9.51. The lowest BCUT2D eigenvalue weighted by Gasteiger charge is -2.13. The van der Waals surface area contributed by atoms with Crippen molar-refractivity contribution in [3.8, 4) is 11.6 Å². The first-order valence-corrected chi connectivity index (χ1v) is 7.54. The molecule has 3 heteroatoms. The minimum atomic E-state index is 0.313. The zero-order valence-electron chi connectivity index (χ0n) is 13.3. The molecular formula is C18H24N2O. The van der Waals surface area contributed by atoms with Crippen LogP contribution in [0.25, 0.3) is 0 Å². The third-order valence-corrected chi connectivity index (χ3v) is 3.66. The van der Waals surface area contributed by atoms with E-state index in [-0.39, 0.29) is 0 Å². The number of pyridine rings is 1. The summed E-state index contributed by atoms with van der Waals surface area (Å²) >= 11 is 0. The Morgan fingerprint density at radius 3 is 2.57 bits per heavy atom. The molecule has 0 spiro atoms. The molecule has 0 bridgehead atoms. The summed E-state index contributed by atoms with van der Waals surface area (Å²) in [5.74, 6) is 1.46. The largest absolute Gasteiger partial charge is 0.439 e. The summed E-state index contributed by atoms with van der Waals surface area (Å²) < 4.78 is 5.80. The number of nitrogens with one attached hydrogen (secondary N) is 1. The molecule has 1 N–H and O–H groups in total. The Morgan fingerprint density at radius 1 is 1.14 bits per heavy atom. The van der Waals surface area contributed by atoms with Crippen LogP contribution in [0.1, 0.15) is 43.0 Å². The summed E-state index contributed by atoms with van der Waals surface area (Å²) in [6, 6.07) is 10.4. The molecule has 1 aromatic heterocycles. The van der Waals surface area contributed by atoms with Crippen molar-refractivity contribution >= 4 is 0 Å². The van der Waals surface area contributed by atoms with Crippen molar-refractivity contribution in [3.63, 3.8) is 0 Å². The monoisotopic (exact) mass is 284 g/mol. The van der Waals surface area contributed by atoms with Crippen LogP contribution in [-0.4, -0.2) is 11.5 Å². The normalized spacial score (nSPS) is 12.2. The molecule has 2 rings (SSSR count). The number of rotatable bonds is 6. The number of ether oxygens (including phenoxy) is 1. The minimum Gasteiger partial charge on any atom is -0.439 e. The van der Waals surface area contributed by atoms with E-state index in [1.54, 1.807) is 0 Å². The Bertz CT molecular complexity index is 578. The number of hydrogen-bond acceptors (Lipinski definition) is 3. The standard InChI is InChI=1S/C18H24N2O/c1-5-10-19-15(4)16-7-9-18(20-12-16)21-17-8-6-13(2)14(3)11-17/h6-9,11-12,15,19H,5,10H2,1-4H3. The van der Waals surface area contributed by atoms with Crippen LogP contribution in [-0.2, 0) is 0 Å². The van der Waals surface area contributed by atoms with E-state index in [1.165, 1.54) is 16.7 Å². The second kappa shape index (κ2) is 7.23. The lowest BCUT2D eigenvalue weighted by Crippen LogP contribution is -2.19. The van der Waals surface area contributed by atoms with E-state index in [4.69, 9.17) is 4.74 Å². The van der Waals surface area contributed by atoms with Gasteiger partial charge in [0.15, 0.2) is 0 Å². The number of nitrogens with zero attached hydrogens (tertiary/aromatic N) is 1. The fourth-order valence-corrected chi connectivity index (χ4v) is 2.09. The van der Waals surface area contributed by atoms with Gasteiger partial charge in [-0.3, -0.25) is 0 Å². The molecule has 1 aromatic carbocycles. The Labute approximate surface area is 127 Å². The van der Waals surface area contributed by atoms with Gasteiger partial charge in [-0.2, -0.15) is 0 Å². The molecule has 3 nitrogen and oxygen atoms in total. The molecule has 0 radical (unpaired) electrons. The number of aromatic nitrogens is 1. The zero-order valence-corrected chi connectivity index (χ0v) is 13.3. The average Bonchev–Trinajstić information content (AvgIpc) is 2.49. The van der Waals surface area contributed by atoms with Gasteiger partial charge in [-0.25, -0.2) is 4.98 Å². The van der Waals surface area contributed by atoms with E-state index < -0.39 is 0 Å². The molecule has 1 heterocycles. The summed E-state index contributed by atoms with van der Waals surface area (Å²) in [5.41, 5.74) is 3.67. The highest BCUT2D eigenvalue weighted by Gasteiger charge is 2.06. The van der Waals surface area contributed by atoms with Crippen molar-refractivity contribution in [2.24, 2.45) is 0 Å².